The van der Waals surface area contributed by atoms with Crippen molar-refractivity contribution in [3.63, 3.8) is 0 Å². The number of carboxylic acids is 1. The smallest absolute Gasteiger partial charge is 0.313 e. The summed E-state index contributed by atoms with van der Waals surface area (Å²) in [7, 11) is 0. The molecule has 1 heterocycles. The van der Waals surface area contributed by atoms with Crippen LogP contribution in [0.1, 0.15) is 41.8 Å². The Kier molecular flexibility index (Phi) is 5.50. The van der Waals surface area contributed by atoms with E-state index in [-0.39, 0.29) is 30.1 Å². The summed E-state index contributed by atoms with van der Waals surface area (Å²) in [5.74, 6) is -2.10. The molecule has 2 aromatic rings. The van der Waals surface area contributed by atoms with Gasteiger partial charge in [0.15, 0.2) is 0 Å². The lowest BCUT2D eigenvalue weighted by molar-refractivity contribution is -0.142. The maximum Gasteiger partial charge on any atom is 0.313 e. The molecule has 150 valence electrons. The van der Waals surface area contributed by atoms with Crippen LogP contribution >= 0.6 is 0 Å². The molecule has 1 atom stereocenters. The summed E-state index contributed by atoms with van der Waals surface area (Å²) >= 11 is 0. The number of aliphatic carboxylic acids is 1. The fraction of sp³-hybridized carbons (Fsp3) is 0.273. The Balaban J connectivity index is 1.63. The molecule has 1 saturated heterocycles. The van der Waals surface area contributed by atoms with Gasteiger partial charge in [0.1, 0.15) is 0 Å². The molecule has 3 N–H and O–H groups in total. The van der Waals surface area contributed by atoms with Gasteiger partial charge in [0.25, 0.3) is 5.91 Å². The molecular formula is C22H22N2O5. The minimum Gasteiger partial charge on any atom is -0.481 e. The van der Waals surface area contributed by atoms with Crippen LogP contribution in [0.3, 0.4) is 0 Å². The zero-order chi connectivity index (χ0) is 21.2. The van der Waals surface area contributed by atoms with Crippen LogP contribution < -0.4 is 10.6 Å². The van der Waals surface area contributed by atoms with E-state index in [4.69, 9.17) is 0 Å². The highest BCUT2D eigenvalue weighted by Crippen LogP contribution is 2.25. The Morgan fingerprint density at radius 3 is 2.21 bits per heavy atom. The molecule has 1 unspecified atom stereocenters. The summed E-state index contributed by atoms with van der Waals surface area (Å²) in [6.07, 6.45) is 0.635. The first-order valence-corrected chi connectivity index (χ1v) is 9.25. The number of carbonyl (C=O) groups is 4. The number of amides is 3. The van der Waals surface area contributed by atoms with E-state index in [9.17, 15) is 24.3 Å². The molecular weight excluding hydrogens is 372 g/mol. The van der Waals surface area contributed by atoms with Crippen LogP contribution in [-0.2, 0) is 26.2 Å². The zero-order valence-corrected chi connectivity index (χ0v) is 16.2. The lowest BCUT2D eigenvalue weighted by Crippen LogP contribution is -2.28. The van der Waals surface area contributed by atoms with Gasteiger partial charge in [0.2, 0.25) is 11.8 Å². The Morgan fingerprint density at radius 2 is 1.69 bits per heavy atom. The number of imide groups is 1. The Labute approximate surface area is 168 Å². The fourth-order valence-corrected chi connectivity index (χ4v) is 3.15. The molecule has 0 saturated carbocycles. The van der Waals surface area contributed by atoms with Crippen molar-refractivity contribution >= 4 is 29.4 Å². The van der Waals surface area contributed by atoms with E-state index in [1.165, 1.54) is 0 Å². The number of hydrogen-bond acceptors (Lipinski definition) is 4. The van der Waals surface area contributed by atoms with Gasteiger partial charge in [-0.15, -0.1) is 0 Å². The first kappa shape index (κ1) is 20.3. The number of nitrogens with one attached hydrogen (secondary N) is 2. The van der Waals surface area contributed by atoms with Gasteiger partial charge in [-0.05, 0) is 55.7 Å². The van der Waals surface area contributed by atoms with Crippen molar-refractivity contribution in [1.82, 2.24) is 5.32 Å². The predicted molar refractivity (Wildman–Crippen MR) is 106 cm³/mol. The maximum atomic E-state index is 12.4. The molecule has 0 spiro atoms. The quantitative estimate of drug-likeness (QED) is 0.652. The third kappa shape index (κ3) is 4.51. The van der Waals surface area contributed by atoms with Gasteiger partial charge >= 0.3 is 5.97 Å². The van der Waals surface area contributed by atoms with Gasteiger partial charge in [0.05, 0.1) is 11.3 Å². The van der Waals surface area contributed by atoms with Crippen molar-refractivity contribution in [2.24, 2.45) is 5.92 Å². The first-order valence-electron chi connectivity index (χ1n) is 9.25. The van der Waals surface area contributed by atoms with Crippen LogP contribution in [-0.4, -0.2) is 28.8 Å². The van der Waals surface area contributed by atoms with E-state index < -0.39 is 11.4 Å². The first-order chi connectivity index (χ1) is 13.7. The second-order valence-electron chi connectivity index (χ2n) is 7.68. The minimum absolute atomic E-state index is 0.190. The van der Waals surface area contributed by atoms with E-state index in [0.29, 0.717) is 23.2 Å². The number of anilines is 1. The van der Waals surface area contributed by atoms with E-state index in [0.717, 1.165) is 5.56 Å². The third-order valence-electron chi connectivity index (χ3n) is 5.16. The van der Waals surface area contributed by atoms with Gasteiger partial charge < -0.3 is 10.4 Å². The summed E-state index contributed by atoms with van der Waals surface area (Å²) in [6, 6.07) is 13.6. The Hall–Kier alpha value is -3.48. The average molecular weight is 394 g/mol. The van der Waals surface area contributed by atoms with E-state index in [1.807, 2.05) is 0 Å². The summed E-state index contributed by atoms with van der Waals surface area (Å²) in [6.45, 7) is 3.24. The molecule has 0 radical (unpaired) electrons. The minimum atomic E-state index is -1.01. The van der Waals surface area contributed by atoms with Crippen LogP contribution in [0, 0.1) is 5.92 Å². The van der Waals surface area contributed by atoms with Crippen molar-refractivity contribution in [3.8, 4) is 0 Å². The second-order valence-corrected chi connectivity index (χ2v) is 7.68. The van der Waals surface area contributed by atoms with Gasteiger partial charge in [-0.1, -0.05) is 24.3 Å². The molecule has 7 heteroatoms. The molecule has 0 aliphatic carbocycles. The van der Waals surface area contributed by atoms with Crippen molar-refractivity contribution in [2.45, 2.75) is 32.1 Å². The van der Waals surface area contributed by atoms with Crippen LogP contribution in [0.4, 0.5) is 5.69 Å². The van der Waals surface area contributed by atoms with E-state index in [1.54, 1.807) is 62.4 Å². The van der Waals surface area contributed by atoms with Crippen LogP contribution in [0.15, 0.2) is 48.5 Å². The van der Waals surface area contributed by atoms with Gasteiger partial charge in [-0.2, -0.15) is 0 Å². The SMILES string of the molecule is CC(C)(C(=O)O)c1ccc(NC(=O)c2ccc(CC3CC(=O)NC3=O)cc2)cc1. The van der Waals surface area contributed by atoms with Gasteiger partial charge in [-0.3, -0.25) is 24.5 Å². The lowest BCUT2D eigenvalue weighted by Gasteiger charge is -2.19. The number of rotatable bonds is 6. The highest BCUT2D eigenvalue weighted by molar-refractivity contribution is 6.04. The third-order valence-corrected chi connectivity index (χ3v) is 5.16. The molecule has 29 heavy (non-hydrogen) atoms. The van der Waals surface area contributed by atoms with Crippen LogP contribution in [0.5, 0.6) is 0 Å². The van der Waals surface area contributed by atoms with Crippen LogP contribution in [0.2, 0.25) is 0 Å². The molecule has 3 rings (SSSR count). The highest BCUT2D eigenvalue weighted by Gasteiger charge is 2.30. The molecule has 1 fully saturated rings. The summed E-state index contributed by atoms with van der Waals surface area (Å²) in [5.41, 5.74) is 1.51. The van der Waals surface area contributed by atoms with E-state index in [2.05, 4.69) is 10.6 Å². The molecule has 1 aliphatic heterocycles. The van der Waals surface area contributed by atoms with Crippen molar-refractivity contribution in [1.29, 1.82) is 0 Å². The highest BCUT2D eigenvalue weighted by atomic mass is 16.4. The zero-order valence-electron chi connectivity index (χ0n) is 16.2. The number of benzene rings is 2. The average Bonchev–Trinajstić information content (AvgIpc) is 2.99. The summed E-state index contributed by atoms with van der Waals surface area (Å²) in [5, 5.41) is 14.4. The lowest BCUT2D eigenvalue weighted by atomic mass is 9.85. The molecule has 3 amide bonds. The molecule has 7 nitrogen and oxygen atoms in total. The topological polar surface area (TPSA) is 113 Å². The summed E-state index contributed by atoms with van der Waals surface area (Å²) < 4.78 is 0. The number of carboxylic acid groups (broad SMARTS) is 1. The normalized spacial score (nSPS) is 16.4. The van der Waals surface area contributed by atoms with Crippen LogP contribution in [0.25, 0.3) is 0 Å². The largest absolute Gasteiger partial charge is 0.481 e. The molecule has 0 bridgehead atoms. The molecule has 2 aromatic carbocycles. The standard InChI is InChI=1S/C22H22N2O5/c1-22(2,21(28)29)16-7-9-17(10-8-16)23-19(26)14-5-3-13(4-6-14)11-15-12-18(25)24-20(15)27/h3-10,15H,11-12H2,1-2H3,(H,23,26)(H,28,29)(H,24,25,27). The molecule has 0 aromatic heterocycles. The Morgan fingerprint density at radius 1 is 1.07 bits per heavy atom. The number of carbonyl (C=O) groups excluding carboxylic acids is 3. The monoisotopic (exact) mass is 394 g/mol. The fourth-order valence-electron chi connectivity index (χ4n) is 3.15. The van der Waals surface area contributed by atoms with E-state index >= 15 is 0 Å². The Bertz CT molecular complexity index is 962. The molecule has 1 aliphatic rings. The van der Waals surface area contributed by atoms with Crippen molar-refractivity contribution in [3.05, 3.63) is 65.2 Å². The van der Waals surface area contributed by atoms with Gasteiger partial charge in [-0.25, -0.2) is 0 Å². The summed E-state index contributed by atoms with van der Waals surface area (Å²) in [4.78, 5) is 46.7. The second kappa shape index (κ2) is 7.87. The predicted octanol–water partition coefficient (Wildman–Crippen LogP) is 2.51. The van der Waals surface area contributed by atoms with Crippen molar-refractivity contribution in [2.75, 3.05) is 5.32 Å². The maximum absolute atomic E-state index is 12.4. The van der Waals surface area contributed by atoms with Gasteiger partial charge in [0, 0.05) is 17.7 Å². The number of hydrogen-bond donors (Lipinski definition) is 3. The van der Waals surface area contributed by atoms with Crippen molar-refractivity contribution < 1.29 is 24.3 Å².